The molecule has 1 heterocycles. The van der Waals surface area contributed by atoms with Gasteiger partial charge in [-0.05, 0) is 25.5 Å². The molecule has 1 aromatic heterocycles. The number of hydrogen-bond acceptors (Lipinski definition) is 3. The van der Waals surface area contributed by atoms with Crippen molar-refractivity contribution >= 4 is 23.2 Å². The van der Waals surface area contributed by atoms with Crippen LogP contribution in [0.25, 0.3) is 0 Å². The molecule has 21 heavy (non-hydrogen) atoms. The van der Waals surface area contributed by atoms with Gasteiger partial charge >= 0.3 is 0 Å². The van der Waals surface area contributed by atoms with Crippen LogP contribution in [0.3, 0.4) is 0 Å². The van der Waals surface area contributed by atoms with Crippen molar-refractivity contribution in [1.29, 1.82) is 5.26 Å². The van der Waals surface area contributed by atoms with Crippen molar-refractivity contribution < 1.29 is 4.79 Å². The van der Waals surface area contributed by atoms with Gasteiger partial charge in [-0.3, -0.25) is 9.48 Å². The van der Waals surface area contributed by atoms with Crippen LogP contribution in [0, 0.1) is 18.3 Å². The van der Waals surface area contributed by atoms with Crippen molar-refractivity contribution in [2.45, 2.75) is 26.3 Å². The average Bonchev–Trinajstić information content (AvgIpc) is 2.78. The highest BCUT2D eigenvalue weighted by Gasteiger charge is 2.07. The van der Waals surface area contributed by atoms with Gasteiger partial charge in [0, 0.05) is 19.2 Å². The number of rotatable bonds is 5. The summed E-state index contributed by atoms with van der Waals surface area (Å²) in [6, 6.07) is 8.98. The Bertz CT molecular complexity index is 668. The van der Waals surface area contributed by atoms with Crippen LogP contribution < -0.4 is 5.32 Å². The molecule has 0 fully saturated rings. The van der Waals surface area contributed by atoms with E-state index in [4.69, 9.17) is 16.9 Å². The van der Waals surface area contributed by atoms with E-state index in [-0.39, 0.29) is 5.91 Å². The second-order valence-electron chi connectivity index (χ2n) is 4.63. The topological polar surface area (TPSA) is 70.7 Å². The quantitative estimate of drug-likeness (QED) is 0.922. The number of carbonyl (C=O) groups excluding carboxylic acids is 1. The van der Waals surface area contributed by atoms with Crippen molar-refractivity contribution in [3.05, 3.63) is 46.7 Å². The first-order valence-corrected chi connectivity index (χ1v) is 6.96. The van der Waals surface area contributed by atoms with Crippen LogP contribution in [0.1, 0.15) is 24.1 Å². The van der Waals surface area contributed by atoms with Crippen LogP contribution >= 0.6 is 11.6 Å². The Morgan fingerprint density at radius 1 is 1.48 bits per heavy atom. The highest BCUT2D eigenvalue weighted by atomic mass is 35.5. The van der Waals surface area contributed by atoms with Crippen LogP contribution in [0.5, 0.6) is 0 Å². The zero-order valence-electron chi connectivity index (χ0n) is 11.6. The molecule has 0 spiro atoms. The zero-order chi connectivity index (χ0) is 15.2. The van der Waals surface area contributed by atoms with Gasteiger partial charge in [0.2, 0.25) is 5.91 Å². The number of aryl methyl sites for hydroxylation is 2. The molecule has 0 saturated carbocycles. The first kappa shape index (κ1) is 15.1. The van der Waals surface area contributed by atoms with E-state index in [2.05, 4.69) is 10.4 Å². The molecule has 0 bridgehead atoms. The first-order chi connectivity index (χ1) is 10.1. The molecule has 0 saturated heterocycles. The van der Waals surface area contributed by atoms with Crippen molar-refractivity contribution in [2.75, 3.05) is 5.32 Å². The molecular formula is C15H15ClN4O. The summed E-state index contributed by atoms with van der Waals surface area (Å²) in [4.78, 5) is 11.9. The maximum absolute atomic E-state index is 11.9. The van der Waals surface area contributed by atoms with Gasteiger partial charge in [-0.25, -0.2) is 0 Å². The lowest BCUT2D eigenvalue weighted by Gasteiger charge is -2.06. The number of aromatic nitrogens is 2. The zero-order valence-corrected chi connectivity index (χ0v) is 12.4. The Morgan fingerprint density at radius 3 is 2.90 bits per heavy atom. The van der Waals surface area contributed by atoms with Crippen molar-refractivity contribution in [2.24, 2.45) is 0 Å². The minimum atomic E-state index is -0.118. The van der Waals surface area contributed by atoms with Gasteiger partial charge in [0.25, 0.3) is 0 Å². The minimum absolute atomic E-state index is 0.118. The van der Waals surface area contributed by atoms with Gasteiger partial charge in [-0.15, -0.1) is 0 Å². The van der Waals surface area contributed by atoms with Crippen LogP contribution in [-0.4, -0.2) is 15.7 Å². The number of hydrogen-bond donors (Lipinski definition) is 1. The SMILES string of the molecule is Cc1nn(CCCC(=O)Nc2ccccc2C#N)cc1Cl. The van der Waals surface area contributed by atoms with Crippen molar-refractivity contribution in [1.82, 2.24) is 9.78 Å². The van der Waals surface area contributed by atoms with E-state index < -0.39 is 0 Å². The van der Waals surface area contributed by atoms with Crippen molar-refractivity contribution in [3.63, 3.8) is 0 Å². The van der Waals surface area contributed by atoms with Crippen molar-refractivity contribution in [3.8, 4) is 6.07 Å². The lowest BCUT2D eigenvalue weighted by molar-refractivity contribution is -0.116. The number of nitriles is 1. The van der Waals surface area contributed by atoms with Gasteiger partial charge in [0.15, 0.2) is 0 Å². The fourth-order valence-corrected chi connectivity index (χ4v) is 2.06. The Labute approximate surface area is 128 Å². The van der Waals surface area contributed by atoms with Crippen LogP contribution in [0.2, 0.25) is 5.02 Å². The summed E-state index contributed by atoms with van der Waals surface area (Å²) in [6.45, 7) is 2.46. The molecular weight excluding hydrogens is 288 g/mol. The van der Waals surface area contributed by atoms with E-state index >= 15 is 0 Å². The average molecular weight is 303 g/mol. The smallest absolute Gasteiger partial charge is 0.224 e. The molecule has 0 unspecified atom stereocenters. The highest BCUT2D eigenvalue weighted by molar-refractivity contribution is 6.31. The molecule has 0 aliphatic rings. The molecule has 108 valence electrons. The van der Waals surface area contributed by atoms with Crippen LogP contribution in [-0.2, 0) is 11.3 Å². The number of benzene rings is 1. The number of amides is 1. The standard InChI is InChI=1S/C15H15ClN4O/c1-11-13(16)10-20(19-11)8-4-7-15(21)18-14-6-3-2-5-12(14)9-17/h2-3,5-6,10H,4,7-8H2,1H3,(H,18,21). The fourth-order valence-electron chi connectivity index (χ4n) is 1.91. The highest BCUT2D eigenvalue weighted by Crippen LogP contribution is 2.15. The van der Waals surface area contributed by atoms with Gasteiger partial charge in [-0.2, -0.15) is 10.4 Å². The molecule has 6 heteroatoms. The normalized spacial score (nSPS) is 10.1. The summed E-state index contributed by atoms with van der Waals surface area (Å²) in [5.41, 5.74) is 1.78. The van der Waals surface area contributed by atoms with Crippen LogP contribution in [0.15, 0.2) is 30.5 Å². The second kappa shape index (κ2) is 6.91. The van der Waals surface area contributed by atoms with E-state index in [0.717, 1.165) is 5.69 Å². The summed E-state index contributed by atoms with van der Waals surface area (Å²) >= 11 is 5.92. The Kier molecular flexibility index (Phi) is 4.96. The number of halogens is 1. The molecule has 5 nitrogen and oxygen atoms in total. The molecule has 1 N–H and O–H groups in total. The van der Waals surface area contributed by atoms with E-state index in [1.165, 1.54) is 0 Å². The maximum Gasteiger partial charge on any atom is 0.224 e. The molecule has 2 rings (SSSR count). The summed E-state index contributed by atoms with van der Waals surface area (Å²) < 4.78 is 1.73. The summed E-state index contributed by atoms with van der Waals surface area (Å²) in [5, 5.41) is 16.6. The molecule has 0 aliphatic carbocycles. The number of para-hydroxylation sites is 1. The number of nitrogens with zero attached hydrogens (tertiary/aromatic N) is 3. The molecule has 0 aliphatic heterocycles. The Morgan fingerprint density at radius 2 is 2.24 bits per heavy atom. The van der Waals surface area contributed by atoms with E-state index in [0.29, 0.717) is 35.7 Å². The van der Waals surface area contributed by atoms with E-state index in [1.807, 2.05) is 13.0 Å². The summed E-state index contributed by atoms with van der Waals surface area (Å²) in [5.74, 6) is -0.118. The molecule has 1 amide bonds. The molecule has 0 radical (unpaired) electrons. The summed E-state index contributed by atoms with van der Waals surface area (Å²) in [6.07, 6.45) is 2.76. The van der Waals surface area contributed by atoms with Crippen LogP contribution in [0.4, 0.5) is 5.69 Å². The Balaban J connectivity index is 1.84. The summed E-state index contributed by atoms with van der Waals surface area (Å²) in [7, 11) is 0. The minimum Gasteiger partial charge on any atom is -0.325 e. The lowest BCUT2D eigenvalue weighted by atomic mass is 10.2. The monoisotopic (exact) mass is 302 g/mol. The van der Waals surface area contributed by atoms with Gasteiger partial charge in [-0.1, -0.05) is 23.7 Å². The third kappa shape index (κ3) is 4.07. The predicted octanol–water partition coefficient (Wildman–Crippen LogP) is 3.14. The molecule has 2 aromatic rings. The van der Waals surface area contributed by atoms with E-state index in [1.54, 1.807) is 35.1 Å². The van der Waals surface area contributed by atoms with Gasteiger partial charge in [0.1, 0.15) is 6.07 Å². The fraction of sp³-hybridized carbons (Fsp3) is 0.267. The Hall–Kier alpha value is -2.32. The number of nitrogens with one attached hydrogen (secondary N) is 1. The third-order valence-electron chi connectivity index (χ3n) is 3.00. The van der Waals surface area contributed by atoms with Gasteiger partial charge < -0.3 is 5.32 Å². The third-order valence-corrected chi connectivity index (χ3v) is 3.37. The maximum atomic E-state index is 11.9. The van der Waals surface area contributed by atoms with E-state index in [9.17, 15) is 4.79 Å². The largest absolute Gasteiger partial charge is 0.325 e. The lowest BCUT2D eigenvalue weighted by Crippen LogP contribution is -2.13. The number of anilines is 1. The number of carbonyl (C=O) groups is 1. The second-order valence-corrected chi connectivity index (χ2v) is 5.04. The molecule has 0 atom stereocenters. The first-order valence-electron chi connectivity index (χ1n) is 6.58. The predicted molar refractivity (Wildman–Crippen MR) is 81.0 cm³/mol. The van der Waals surface area contributed by atoms with Gasteiger partial charge in [0.05, 0.1) is 22.0 Å². The molecule has 1 aromatic carbocycles.